The van der Waals surface area contributed by atoms with E-state index in [0.717, 1.165) is 34.7 Å². The van der Waals surface area contributed by atoms with Crippen LogP contribution in [0.2, 0.25) is 0 Å². The second-order valence-electron chi connectivity index (χ2n) is 7.06. The van der Waals surface area contributed by atoms with Crippen molar-refractivity contribution >= 4 is 5.69 Å². The molecule has 0 spiro atoms. The van der Waals surface area contributed by atoms with Crippen molar-refractivity contribution in [1.82, 2.24) is 0 Å². The summed E-state index contributed by atoms with van der Waals surface area (Å²) >= 11 is 0. The van der Waals surface area contributed by atoms with E-state index in [2.05, 4.69) is 18.3 Å². The van der Waals surface area contributed by atoms with Gasteiger partial charge in [-0.25, -0.2) is 4.39 Å². The molecule has 0 aliphatic carbocycles. The number of fused-ring (bicyclic) bond motifs is 1. The summed E-state index contributed by atoms with van der Waals surface area (Å²) in [6.45, 7) is 5.26. The molecular formula is C24H24FNO2. The SMILES string of the molecule is CCOc1cc2c(cc1NCc1cccc(-c3ccccc3F)c1)OC(C)C2. The van der Waals surface area contributed by atoms with Gasteiger partial charge in [0.25, 0.3) is 0 Å². The van der Waals surface area contributed by atoms with Gasteiger partial charge < -0.3 is 14.8 Å². The van der Waals surface area contributed by atoms with Crippen LogP contribution in [0.1, 0.15) is 25.0 Å². The summed E-state index contributed by atoms with van der Waals surface area (Å²) < 4.78 is 25.8. The van der Waals surface area contributed by atoms with Gasteiger partial charge in [-0.05, 0) is 43.2 Å². The first kappa shape index (κ1) is 18.4. The summed E-state index contributed by atoms with van der Waals surface area (Å²) in [6, 6.07) is 18.9. The van der Waals surface area contributed by atoms with E-state index in [1.54, 1.807) is 12.1 Å². The Morgan fingerprint density at radius 2 is 1.96 bits per heavy atom. The average Bonchev–Trinajstić information content (AvgIpc) is 3.06. The van der Waals surface area contributed by atoms with Gasteiger partial charge in [0.15, 0.2) is 0 Å². The number of rotatable bonds is 6. The molecule has 1 atom stereocenters. The summed E-state index contributed by atoms with van der Waals surface area (Å²) in [4.78, 5) is 0. The first-order valence-electron chi connectivity index (χ1n) is 9.68. The van der Waals surface area contributed by atoms with E-state index in [9.17, 15) is 4.39 Å². The minimum absolute atomic E-state index is 0.192. The molecule has 0 aromatic heterocycles. The molecule has 0 radical (unpaired) electrons. The van der Waals surface area contributed by atoms with Gasteiger partial charge in [0.05, 0.1) is 12.3 Å². The van der Waals surface area contributed by atoms with E-state index in [-0.39, 0.29) is 11.9 Å². The Kier molecular flexibility index (Phi) is 5.20. The maximum Gasteiger partial charge on any atom is 0.142 e. The maximum absolute atomic E-state index is 14.1. The summed E-state index contributed by atoms with van der Waals surface area (Å²) in [5.74, 6) is 1.54. The van der Waals surface area contributed by atoms with E-state index < -0.39 is 0 Å². The van der Waals surface area contributed by atoms with Gasteiger partial charge in [-0.15, -0.1) is 0 Å². The lowest BCUT2D eigenvalue weighted by atomic mass is 10.0. The Morgan fingerprint density at radius 1 is 1.11 bits per heavy atom. The van der Waals surface area contributed by atoms with Crippen LogP contribution in [0.25, 0.3) is 11.1 Å². The number of ether oxygens (including phenoxy) is 2. The molecule has 3 aromatic rings. The predicted octanol–water partition coefficient (Wildman–Crippen LogP) is 5.83. The Hall–Kier alpha value is -3.01. The summed E-state index contributed by atoms with van der Waals surface area (Å²) in [5.41, 5.74) is 4.64. The van der Waals surface area contributed by atoms with E-state index in [4.69, 9.17) is 9.47 Å². The molecule has 1 heterocycles. The van der Waals surface area contributed by atoms with Gasteiger partial charge in [-0.3, -0.25) is 0 Å². The fourth-order valence-electron chi connectivity index (χ4n) is 3.59. The van der Waals surface area contributed by atoms with E-state index in [0.29, 0.717) is 18.7 Å². The first-order chi connectivity index (χ1) is 13.6. The third-order valence-corrected chi connectivity index (χ3v) is 4.89. The standard InChI is InChI=1S/C24H24FNO2/c1-3-27-24-13-19-11-16(2)28-23(19)14-22(24)26-15-17-7-6-8-18(12-17)20-9-4-5-10-21(20)25/h4-10,12-14,16,26H,3,11,15H2,1-2H3. The van der Waals surface area contributed by atoms with Gasteiger partial charge in [-0.2, -0.15) is 0 Å². The molecule has 1 unspecified atom stereocenters. The highest BCUT2D eigenvalue weighted by Gasteiger charge is 2.21. The largest absolute Gasteiger partial charge is 0.492 e. The quantitative estimate of drug-likeness (QED) is 0.586. The second kappa shape index (κ2) is 7.93. The monoisotopic (exact) mass is 377 g/mol. The molecule has 3 nitrogen and oxygen atoms in total. The molecule has 4 rings (SSSR count). The minimum atomic E-state index is -0.212. The van der Waals surface area contributed by atoms with Crippen LogP contribution in [0, 0.1) is 5.82 Å². The molecular weight excluding hydrogens is 353 g/mol. The Morgan fingerprint density at radius 3 is 2.79 bits per heavy atom. The molecule has 3 aromatic carbocycles. The van der Waals surface area contributed by atoms with E-state index in [1.165, 1.54) is 11.6 Å². The molecule has 0 amide bonds. The van der Waals surface area contributed by atoms with Crippen molar-refractivity contribution in [1.29, 1.82) is 0 Å². The van der Waals surface area contributed by atoms with Crippen molar-refractivity contribution < 1.29 is 13.9 Å². The number of nitrogens with one attached hydrogen (secondary N) is 1. The molecule has 1 N–H and O–H groups in total. The van der Waals surface area contributed by atoms with Crippen LogP contribution >= 0.6 is 0 Å². The van der Waals surface area contributed by atoms with Crippen LogP contribution in [-0.4, -0.2) is 12.7 Å². The zero-order chi connectivity index (χ0) is 19.5. The number of anilines is 1. The van der Waals surface area contributed by atoms with Crippen molar-refractivity contribution in [3.05, 3.63) is 77.6 Å². The average molecular weight is 377 g/mol. The fourth-order valence-corrected chi connectivity index (χ4v) is 3.59. The summed E-state index contributed by atoms with van der Waals surface area (Å²) in [6.07, 6.45) is 1.09. The van der Waals surface area contributed by atoms with E-state index in [1.807, 2.05) is 43.3 Å². The van der Waals surface area contributed by atoms with Crippen molar-refractivity contribution in [2.45, 2.75) is 32.9 Å². The molecule has 1 aliphatic heterocycles. The topological polar surface area (TPSA) is 30.5 Å². The summed E-state index contributed by atoms with van der Waals surface area (Å²) in [7, 11) is 0. The molecule has 0 fully saturated rings. The zero-order valence-corrected chi connectivity index (χ0v) is 16.2. The highest BCUT2D eigenvalue weighted by atomic mass is 19.1. The van der Waals surface area contributed by atoms with Gasteiger partial charge in [-0.1, -0.05) is 36.4 Å². The van der Waals surface area contributed by atoms with Crippen LogP contribution in [0.5, 0.6) is 11.5 Å². The smallest absolute Gasteiger partial charge is 0.142 e. The molecule has 144 valence electrons. The Labute approximate surface area is 165 Å². The van der Waals surface area contributed by atoms with Crippen LogP contribution in [0.15, 0.2) is 60.7 Å². The number of hydrogen-bond donors (Lipinski definition) is 1. The first-order valence-corrected chi connectivity index (χ1v) is 9.68. The highest BCUT2D eigenvalue weighted by molar-refractivity contribution is 5.66. The van der Waals surface area contributed by atoms with Crippen LogP contribution in [0.3, 0.4) is 0 Å². The van der Waals surface area contributed by atoms with Crippen molar-refractivity contribution in [3.8, 4) is 22.6 Å². The minimum Gasteiger partial charge on any atom is -0.492 e. The molecule has 1 aliphatic rings. The Bertz CT molecular complexity index is 986. The summed E-state index contributed by atoms with van der Waals surface area (Å²) in [5, 5.41) is 3.45. The lowest BCUT2D eigenvalue weighted by Crippen LogP contribution is -2.05. The van der Waals surface area contributed by atoms with Gasteiger partial charge in [0, 0.05) is 30.2 Å². The van der Waals surface area contributed by atoms with Crippen LogP contribution < -0.4 is 14.8 Å². The fraction of sp³-hybridized carbons (Fsp3) is 0.250. The molecule has 0 bridgehead atoms. The maximum atomic E-state index is 14.1. The number of halogens is 1. The van der Waals surface area contributed by atoms with Gasteiger partial charge >= 0.3 is 0 Å². The second-order valence-corrected chi connectivity index (χ2v) is 7.06. The number of hydrogen-bond acceptors (Lipinski definition) is 3. The van der Waals surface area contributed by atoms with Gasteiger partial charge in [0.1, 0.15) is 23.4 Å². The highest BCUT2D eigenvalue weighted by Crippen LogP contribution is 2.38. The number of benzene rings is 3. The normalized spacial score (nSPS) is 15.0. The molecule has 0 saturated carbocycles. The zero-order valence-electron chi connectivity index (χ0n) is 16.2. The van der Waals surface area contributed by atoms with Gasteiger partial charge in [0.2, 0.25) is 0 Å². The molecule has 28 heavy (non-hydrogen) atoms. The molecule has 0 saturated heterocycles. The third kappa shape index (κ3) is 3.81. The Balaban J connectivity index is 1.56. The molecule has 4 heteroatoms. The van der Waals surface area contributed by atoms with Crippen molar-refractivity contribution in [3.63, 3.8) is 0 Å². The predicted molar refractivity (Wildman–Crippen MR) is 111 cm³/mol. The van der Waals surface area contributed by atoms with E-state index >= 15 is 0 Å². The van der Waals surface area contributed by atoms with Crippen molar-refractivity contribution in [2.75, 3.05) is 11.9 Å². The van der Waals surface area contributed by atoms with Crippen LogP contribution in [-0.2, 0) is 13.0 Å². The lowest BCUT2D eigenvalue weighted by Gasteiger charge is -2.15. The van der Waals surface area contributed by atoms with Crippen molar-refractivity contribution in [2.24, 2.45) is 0 Å². The lowest BCUT2D eigenvalue weighted by molar-refractivity contribution is 0.254. The third-order valence-electron chi connectivity index (χ3n) is 4.89. The van der Waals surface area contributed by atoms with Crippen LogP contribution in [0.4, 0.5) is 10.1 Å².